The summed E-state index contributed by atoms with van der Waals surface area (Å²) in [5.41, 5.74) is 3.75. The van der Waals surface area contributed by atoms with E-state index in [1.54, 1.807) is 30.5 Å². The zero-order chi connectivity index (χ0) is 18.8. The normalized spacial score (nSPS) is 10.4. The van der Waals surface area contributed by atoms with Gasteiger partial charge in [0.2, 0.25) is 0 Å². The zero-order valence-corrected chi connectivity index (χ0v) is 14.9. The minimum Gasteiger partial charge on any atom is -0.494 e. The highest BCUT2D eigenvalue weighted by Crippen LogP contribution is 2.28. The molecule has 1 N–H and O–H groups in total. The molecule has 0 fully saturated rings. The second kappa shape index (κ2) is 9.88. The van der Waals surface area contributed by atoms with Crippen molar-refractivity contribution in [1.82, 2.24) is 5.43 Å². The van der Waals surface area contributed by atoms with E-state index in [1.807, 2.05) is 31.2 Å². The lowest BCUT2D eigenvalue weighted by atomic mass is 10.2. The van der Waals surface area contributed by atoms with Crippen LogP contribution in [0, 0.1) is 0 Å². The molecule has 0 radical (unpaired) electrons. The van der Waals surface area contributed by atoms with E-state index in [2.05, 4.69) is 17.1 Å². The van der Waals surface area contributed by atoms with Gasteiger partial charge in [-0.25, -0.2) is 5.43 Å². The minimum absolute atomic E-state index is 0.347. The lowest BCUT2D eigenvalue weighted by Crippen LogP contribution is -2.17. The van der Waals surface area contributed by atoms with Gasteiger partial charge in [0.25, 0.3) is 5.91 Å². The first-order valence-electron chi connectivity index (χ1n) is 8.16. The van der Waals surface area contributed by atoms with Gasteiger partial charge < -0.3 is 14.2 Å². The van der Waals surface area contributed by atoms with Gasteiger partial charge in [0, 0.05) is 5.56 Å². The standard InChI is InChI=1S/C20H22N2O4/c1-4-12-26-18-11-8-16(13-19(18)24-3)20(23)22-21-14-15-6-9-17(10-7-15)25-5-2/h4,6-11,13-14H,1,5,12H2,2-3H3,(H,22,23)/b21-14+. The second-order valence-electron chi connectivity index (χ2n) is 5.17. The Balaban J connectivity index is 1.99. The van der Waals surface area contributed by atoms with Crippen molar-refractivity contribution in [2.24, 2.45) is 5.10 Å². The van der Waals surface area contributed by atoms with E-state index < -0.39 is 0 Å². The number of nitrogens with zero attached hydrogens (tertiary/aromatic N) is 1. The van der Waals surface area contributed by atoms with Gasteiger partial charge in [-0.3, -0.25) is 4.79 Å². The van der Waals surface area contributed by atoms with Crippen LogP contribution in [0.1, 0.15) is 22.8 Å². The van der Waals surface area contributed by atoms with Gasteiger partial charge in [0.05, 0.1) is 19.9 Å². The SMILES string of the molecule is C=CCOc1ccc(C(=O)N/N=C/c2ccc(OCC)cc2)cc1OC. The van der Waals surface area contributed by atoms with E-state index in [-0.39, 0.29) is 5.91 Å². The van der Waals surface area contributed by atoms with Crippen LogP contribution in [0.4, 0.5) is 0 Å². The number of amides is 1. The Morgan fingerprint density at radius 2 is 1.92 bits per heavy atom. The fourth-order valence-corrected chi connectivity index (χ4v) is 2.12. The fourth-order valence-electron chi connectivity index (χ4n) is 2.12. The first-order chi connectivity index (χ1) is 12.7. The molecule has 6 nitrogen and oxygen atoms in total. The number of methoxy groups -OCH3 is 1. The summed E-state index contributed by atoms with van der Waals surface area (Å²) in [5.74, 6) is 1.46. The lowest BCUT2D eigenvalue weighted by Gasteiger charge is -2.10. The van der Waals surface area contributed by atoms with Crippen LogP contribution < -0.4 is 19.6 Å². The maximum atomic E-state index is 12.2. The van der Waals surface area contributed by atoms with Crippen LogP contribution in [0.5, 0.6) is 17.2 Å². The van der Waals surface area contributed by atoms with E-state index in [1.165, 1.54) is 7.11 Å². The van der Waals surface area contributed by atoms with Gasteiger partial charge in [-0.15, -0.1) is 0 Å². The lowest BCUT2D eigenvalue weighted by molar-refractivity contribution is 0.0954. The van der Waals surface area contributed by atoms with E-state index in [4.69, 9.17) is 14.2 Å². The predicted octanol–water partition coefficient (Wildman–Crippen LogP) is 3.42. The maximum absolute atomic E-state index is 12.2. The molecule has 0 saturated heterocycles. The van der Waals surface area contributed by atoms with Crippen LogP contribution >= 0.6 is 0 Å². The van der Waals surface area contributed by atoms with Gasteiger partial charge >= 0.3 is 0 Å². The fraction of sp³-hybridized carbons (Fsp3) is 0.200. The molecule has 0 unspecified atom stereocenters. The summed E-state index contributed by atoms with van der Waals surface area (Å²) in [7, 11) is 1.52. The second-order valence-corrected chi connectivity index (χ2v) is 5.17. The molecular formula is C20H22N2O4. The molecule has 0 atom stereocenters. The quantitative estimate of drug-likeness (QED) is 0.426. The molecule has 2 aromatic rings. The first kappa shape index (κ1) is 19.1. The van der Waals surface area contributed by atoms with Crippen molar-refractivity contribution in [3.63, 3.8) is 0 Å². The Labute approximate surface area is 153 Å². The smallest absolute Gasteiger partial charge is 0.271 e. The molecule has 0 aromatic heterocycles. The van der Waals surface area contributed by atoms with Crippen molar-refractivity contribution in [2.45, 2.75) is 6.92 Å². The summed E-state index contributed by atoms with van der Waals surface area (Å²) in [6, 6.07) is 12.3. The minimum atomic E-state index is -0.347. The van der Waals surface area contributed by atoms with Crippen molar-refractivity contribution in [3.8, 4) is 17.2 Å². The number of hydrogen-bond acceptors (Lipinski definition) is 5. The molecule has 0 saturated carbocycles. The average Bonchev–Trinajstić information content (AvgIpc) is 2.67. The predicted molar refractivity (Wildman–Crippen MR) is 101 cm³/mol. The molecule has 0 aliphatic heterocycles. The number of nitrogens with one attached hydrogen (secondary N) is 1. The highest BCUT2D eigenvalue weighted by atomic mass is 16.5. The number of hydrazone groups is 1. The van der Waals surface area contributed by atoms with Crippen molar-refractivity contribution in [3.05, 3.63) is 66.2 Å². The number of benzene rings is 2. The molecule has 2 rings (SSSR count). The Kier molecular flexibility index (Phi) is 7.24. The van der Waals surface area contributed by atoms with E-state index in [9.17, 15) is 4.79 Å². The van der Waals surface area contributed by atoms with Gasteiger partial charge in [0.1, 0.15) is 12.4 Å². The molecular weight excluding hydrogens is 332 g/mol. The van der Waals surface area contributed by atoms with Crippen molar-refractivity contribution in [1.29, 1.82) is 0 Å². The maximum Gasteiger partial charge on any atom is 0.271 e. The van der Waals surface area contributed by atoms with Crippen LogP contribution in [0.3, 0.4) is 0 Å². The molecule has 2 aromatic carbocycles. The molecule has 0 aliphatic rings. The highest BCUT2D eigenvalue weighted by molar-refractivity contribution is 5.95. The zero-order valence-electron chi connectivity index (χ0n) is 14.9. The number of rotatable bonds is 9. The average molecular weight is 354 g/mol. The van der Waals surface area contributed by atoms with E-state index >= 15 is 0 Å². The van der Waals surface area contributed by atoms with Gasteiger partial charge in [-0.1, -0.05) is 12.7 Å². The molecule has 1 amide bonds. The summed E-state index contributed by atoms with van der Waals surface area (Å²) in [4.78, 5) is 12.2. The van der Waals surface area contributed by atoms with Crippen LogP contribution in [0.2, 0.25) is 0 Å². The largest absolute Gasteiger partial charge is 0.494 e. The molecule has 0 heterocycles. The van der Waals surface area contributed by atoms with Gasteiger partial charge in [-0.2, -0.15) is 5.10 Å². The van der Waals surface area contributed by atoms with Crippen LogP contribution in [0.15, 0.2) is 60.2 Å². The molecule has 0 aliphatic carbocycles. The number of ether oxygens (including phenoxy) is 3. The Morgan fingerprint density at radius 1 is 1.15 bits per heavy atom. The van der Waals surface area contributed by atoms with Crippen molar-refractivity contribution < 1.29 is 19.0 Å². The van der Waals surface area contributed by atoms with Gasteiger partial charge in [-0.05, 0) is 55.0 Å². The highest BCUT2D eigenvalue weighted by Gasteiger charge is 2.10. The summed E-state index contributed by atoms with van der Waals surface area (Å²) in [6.45, 7) is 6.50. The first-order valence-corrected chi connectivity index (χ1v) is 8.16. The summed E-state index contributed by atoms with van der Waals surface area (Å²) >= 11 is 0. The summed E-state index contributed by atoms with van der Waals surface area (Å²) in [5, 5.41) is 3.97. The molecule has 26 heavy (non-hydrogen) atoms. The molecule has 6 heteroatoms. The van der Waals surface area contributed by atoms with Crippen LogP contribution in [-0.2, 0) is 0 Å². The Hall–Kier alpha value is -3.28. The molecule has 136 valence electrons. The Bertz CT molecular complexity index is 770. The molecule has 0 bridgehead atoms. The third kappa shape index (κ3) is 5.37. The third-order valence-corrected chi connectivity index (χ3v) is 3.35. The monoisotopic (exact) mass is 354 g/mol. The number of hydrogen-bond donors (Lipinski definition) is 1. The van der Waals surface area contributed by atoms with Crippen molar-refractivity contribution >= 4 is 12.1 Å². The molecule has 0 spiro atoms. The topological polar surface area (TPSA) is 69.2 Å². The van der Waals surface area contributed by atoms with E-state index in [0.29, 0.717) is 30.3 Å². The Morgan fingerprint density at radius 3 is 2.58 bits per heavy atom. The number of carbonyl (C=O) groups excluding carboxylic acids is 1. The summed E-state index contributed by atoms with van der Waals surface area (Å²) in [6.07, 6.45) is 3.20. The summed E-state index contributed by atoms with van der Waals surface area (Å²) < 4.78 is 16.1. The van der Waals surface area contributed by atoms with Crippen LogP contribution in [0.25, 0.3) is 0 Å². The van der Waals surface area contributed by atoms with E-state index in [0.717, 1.165) is 11.3 Å². The third-order valence-electron chi connectivity index (χ3n) is 3.35. The van der Waals surface area contributed by atoms with Crippen molar-refractivity contribution in [2.75, 3.05) is 20.3 Å². The number of carbonyl (C=O) groups is 1. The van der Waals surface area contributed by atoms with Crippen LogP contribution in [-0.4, -0.2) is 32.4 Å². The van der Waals surface area contributed by atoms with Gasteiger partial charge in [0.15, 0.2) is 11.5 Å².